The van der Waals surface area contributed by atoms with Crippen molar-refractivity contribution < 1.29 is 26.0 Å². The van der Waals surface area contributed by atoms with Crippen LogP contribution in [-0.4, -0.2) is 50.7 Å². The molecule has 0 aliphatic rings. The summed E-state index contributed by atoms with van der Waals surface area (Å²) in [5.41, 5.74) is 5.74. The monoisotopic (exact) mass is 766 g/mol. The van der Waals surface area contributed by atoms with Gasteiger partial charge in [-0.15, -0.1) is 0 Å². The number of hydrogen-bond donors (Lipinski definition) is 1. The molecule has 51 heavy (non-hydrogen) atoms. The van der Waals surface area contributed by atoms with Crippen molar-refractivity contribution in [2.24, 2.45) is 5.10 Å². The molecule has 0 fully saturated rings. The van der Waals surface area contributed by atoms with Crippen LogP contribution in [0.1, 0.15) is 33.8 Å². The van der Waals surface area contributed by atoms with Gasteiger partial charge in [-0.3, -0.25) is 4.79 Å². The lowest BCUT2D eigenvalue weighted by Crippen LogP contribution is -2.40. The number of nitrogens with one attached hydrogen (secondary N) is 1. The summed E-state index contributed by atoms with van der Waals surface area (Å²) in [5, 5.41) is 4.61. The molecular formula is C37H36Cl2N4O6S2. The highest BCUT2D eigenvalue weighted by Crippen LogP contribution is 2.27. The number of nitrogens with zero attached hydrogens (tertiary/aromatic N) is 3. The van der Waals surface area contributed by atoms with E-state index < -0.39 is 32.5 Å². The summed E-state index contributed by atoms with van der Waals surface area (Å²) in [5.74, 6) is -0.102. The molecule has 0 radical (unpaired) electrons. The molecule has 14 heteroatoms. The molecule has 0 atom stereocenters. The summed E-state index contributed by atoms with van der Waals surface area (Å²) in [7, 11) is -7.97. The van der Waals surface area contributed by atoms with Gasteiger partial charge in [0.05, 0.1) is 39.1 Å². The Kier molecular flexibility index (Phi) is 12.5. The molecule has 0 aliphatic carbocycles. The lowest BCUT2D eigenvalue weighted by molar-refractivity contribution is -0.121. The Balaban J connectivity index is 1.28. The van der Waals surface area contributed by atoms with E-state index >= 15 is 0 Å². The van der Waals surface area contributed by atoms with Crippen molar-refractivity contribution in [3.05, 3.63) is 153 Å². The van der Waals surface area contributed by atoms with E-state index in [1.54, 1.807) is 66.7 Å². The Hall–Kier alpha value is -4.30. The average Bonchev–Trinajstić information content (AvgIpc) is 3.55. The topological polar surface area (TPSA) is 129 Å². The quantitative estimate of drug-likeness (QED) is 0.0905. The Morgan fingerprint density at radius 2 is 1.33 bits per heavy atom. The molecule has 266 valence electrons. The lowest BCUT2D eigenvalue weighted by Gasteiger charge is -2.22. The van der Waals surface area contributed by atoms with Crippen LogP contribution in [0, 0.1) is 13.8 Å². The van der Waals surface area contributed by atoms with Gasteiger partial charge in [0.25, 0.3) is 5.91 Å². The maximum Gasteiger partial charge on any atom is 0.255 e. The molecule has 0 saturated carbocycles. The number of carbonyl (C=O) groups excluding carboxylic acids is 1. The number of benzene rings is 4. The molecule has 10 nitrogen and oxygen atoms in total. The highest BCUT2D eigenvalue weighted by molar-refractivity contribution is 7.89. The number of hydrogen-bond acceptors (Lipinski definition) is 7. The van der Waals surface area contributed by atoms with Crippen LogP contribution in [0.25, 0.3) is 0 Å². The smallest absolute Gasteiger partial charge is 0.255 e. The fourth-order valence-electron chi connectivity index (χ4n) is 5.05. The van der Waals surface area contributed by atoms with Gasteiger partial charge in [0.15, 0.2) is 0 Å². The van der Waals surface area contributed by atoms with Crippen LogP contribution in [-0.2, 0) is 44.4 Å². The van der Waals surface area contributed by atoms with Crippen molar-refractivity contribution in [3.63, 3.8) is 0 Å². The van der Waals surface area contributed by atoms with Gasteiger partial charge in [-0.1, -0.05) is 95.0 Å². The zero-order chi connectivity index (χ0) is 36.6. The number of amides is 1. The van der Waals surface area contributed by atoms with Crippen LogP contribution in [0.4, 0.5) is 0 Å². The Morgan fingerprint density at radius 1 is 0.725 bits per heavy atom. The Bertz CT molecular complexity index is 2210. The molecule has 0 unspecified atom stereocenters. The van der Waals surface area contributed by atoms with E-state index in [4.69, 9.17) is 27.6 Å². The molecule has 0 bridgehead atoms. The van der Waals surface area contributed by atoms with E-state index in [2.05, 4.69) is 10.5 Å². The molecule has 0 aliphatic heterocycles. The van der Waals surface area contributed by atoms with Gasteiger partial charge >= 0.3 is 0 Å². The second-order valence-electron chi connectivity index (χ2n) is 11.8. The number of furan rings is 1. The van der Waals surface area contributed by atoms with Gasteiger partial charge < -0.3 is 4.42 Å². The lowest BCUT2D eigenvalue weighted by atomic mass is 10.1. The van der Waals surface area contributed by atoms with Crippen molar-refractivity contribution in [3.8, 4) is 0 Å². The van der Waals surface area contributed by atoms with Crippen molar-refractivity contribution >= 4 is 55.4 Å². The summed E-state index contributed by atoms with van der Waals surface area (Å²) in [4.78, 5) is 13.2. The van der Waals surface area contributed by atoms with Gasteiger partial charge in [-0.25, -0.2) is 22.3 Å². The normalized spacial score (nSPS) is 12.2. The zero-order valence-electron chi connectivity index (χ0n) is 27.9. The molecule has 5 rings (SSSR count). The molecule has 1 aromatic heterocycles. The fourth-order valence-corrected chi connectivity index (χ4v) is 8.17. The molecular weight excluding hydrogens is 731 g/mol. The van der Waals surface area contributed by atoms with Crippen LogP contribution in [0.5, 0.6) is 0 Å². The first-order chi connectivity index (χ1) is 24.3. The van der Waals surface area contributed by atoms with Crippen molar-refractivity contribution in [2.75, 3.05) is 13.1 Å². The first-order valence-corrected chi connectivity index (χ1v) is 19.5. The van der Waals surface area contributed by atoms with Gasteiger partial charge in [0, 0.05) is 13.1 Å². The molecule has 1 N–H and O–H groups in total. The third-order valence-corrected chi connectivity index (χ3v) is 12.3. The van der Waals surface area contributed by atoms with Gasteiger partial charge in [-0.2, -0.15) is 13.7 Å². The number of rotatable bonds is 15. The molecule has 1 heterocycles. The Labute approximate surface area is 308 Å². The van der Waals surface area contributed by atoms with Gasteiger partial charge in [0.1, 0.15) is 11.5 Å². The number of aryl methyl sites for hydroxylation is 2. The summed E-state index contributed by atoms with van der Waals surface area (Å²) in [6, 6.07) is 30.5. The van der Waals surface area contributed by atoms with E-state index in [1.165, 1.54) is 22.7 Å². The molecule has 0 spiro atoms. The molecule has 0 saturated heterocycles. The highest BCUT2D eigenvalue weighted by Gasteiger charge is 2.28. The first kappa shape index (κ1) is 37.9. The summed E-state index contributed by atoms with van der Waals surface area (Å²) >= 11 is 12.3. The largest absolute Gasteiger partial charge is 0.459 e. The third-order valence-electron chi connectivity index (χ3n) is 7.87. The molecule has 1 amide bonds. The number of halogens is 2. The van der Waals surface area contributed by atoms with Crippen LogP contribution in [0.15, 0.2) is 129 Å². The van der Waals surface area contributed by atoms with Crippen LogP contribution in [0.2, 0.25) is 10.0 Å². The third kappa shape index (κ3) is 10.2. The van der Waals surface area contributed by atoms with Crippen LogP contribution in [0.3, 0.4) is 0 Å². The average molecular weight is 768 g/mol. The van der Waals surface area contributed by atoms with E-state index in [1.807, 2.05) is 44.2 Å². The zero-order valence-corrected chi connectivity index (χ0v) is 31.0. The maximum atomic E-state index is 13.8. The van der Waals surface area contributed by atoms with Crippen LogP contribution >= 0.6 is 23.2 Å². The predicted molar refractivity (Wildman–Crippen MR) is 199 cm³/mol. The standard InChI is InChI=1S/C37H36Cl2N4O6S2/c1-27-8-15-33(16-9-27)50(45,46)42(21-20-29-6-4-3-5-7-29)26-37(44)41-40-23-31-13-14-32(49-31)25-43(24-30-12-19-35(38)36(39)22-30)51(47,48)34-17-10-28(2)11-18-34/h3-19,22-23H,20-21,24-26H2,1-2H3,(H,41,44)/b40-23-. The van der Waals surface area contributed by atoms with Crippen molar-refractivity contribution in [1.29, 1.82) is 0 Å². The molecule has 5 aromatic rings. The summed E-state index contributed by atoms with van der Waals surface area (Å²) < 4.78 is 62.8. The fraction of sp³-hybridized carbons (Fsp3) is 0.189. The van der Waals surface area contributed by atoms with Crippen molar-refractivity contribution in [2.45, 2.75) is 43.1 Å². The minimum atomic E-state index is -4.00. The number of carbonyl (C=O) groups is 1. The summed E-state index contributed by atoms with van der Waals surface area (Å²) in [6.07, 6.45) is 1.65. The predicted octanol–water partition coefficient (Wildman–Crippen LogP) is 6.98. The minimum absolute atomic E-state index is 0.0143. The highest BCUT2D eigenvalue weighted by atomic mass is 35.5. The molecule has 4 aromatic carbocycles. The second kappa shape index (κ2) is 16.8. The second-order valence-corrected chi connectivity index (χ2v) is 16.5. The minimum Gasteiger partial charge on any atom is -0.459 e. The van der Waals surface area contributed by atoms with E-state index in [-0.39, 0.29) is 35.2 Å². The van der Waals surface area contributed by atoms with Gasteiger partial charge in [-0.05, 0) is 79.9 Å². The van der Waals surface area contributed by atoms with Gasteiger partial charge in [0.2, 0.25) is 20.0 Å². The SMILES string of the molecule is Cc1ccc(S(=O)(=O)N(CCc2ccccc2)CC(=O)N/N=C\c2ccc(CN(Cc3ccc(Cl)c(Cl)c3)S(=O)(=O)c3ccc(C)cc3)o2)cc1. The Morgan fingerprint density at radius 3 is 1.94 bits per heavy atom. The number of hydrazone groups is 1. The van der Waals surface area contributed by atoms with E-state index in [0.717, 1.165) is 21.0 Å². The van der Waals surface area contributed by atoms with E-state index in [0.29, 0.717) is 27.8 Å². The maximum absolute atomic E-state index is 13.8. The van der Waals surface area contributed by atoms with E-state index in [9.17, 15) is 21.6 Å². The number of sulfonamides is 2. The summed E-state index contributed by atoms with van der Waals surface area (Å²) in [6.45, 7) is 3.20. The van der Waals surface area contributed by atoms with Crippen molar-refractivity contribution in [1.82, 2.24) is 14.0 Å². The first-order valence-electron chi connectivity index (χ1n) is 15.8. The van der Waals surface area contributed by atoms with Crippen LogP contribution < -0.4 is 5.43 Å².